The number of nitrogens with one attached hydrogen (secondary N) is 1. The number of benzene rings is 2. The average Bonchev–Trinajstić information content (AvgIpc) is 2.68. The third-order valence-electron chi connectivity index (χ3n) is 4.39. The van der Waals surface area contributed by atoms with Crippen molar-refractivity contribution < 1.29 is 9.47 Å². The molecule has 0 radical (unpaired) electrons. The van der Waals surface area contributed by atoms with Crippen molar-refractivity contribution in [1.29, 1.82) is 5.26 Å². The van der Waals surface area contributed by atoms with Crippen LogP contribution >= 0.6 is 11.6 Å². The first-order chi connectivity index (χ1) is 13.4. The van der Waals surface area contributed by atoms with Crippen LogP contribution in [0.15, 0.2) is 47.3 Å². The summed E-state index contributed by atoms with van der Waals surface area (Å²) in [7, 11) is 1.59. The molecule has 1 N–H and O–H groups in total. The molecule has 2 aromatic carbocycles. The van der Waals surface area contributed by atoms with E-state index in [2.05, 4.69) is 4.98 Å². The number of aromatic amines is 1. The average molecular weight is 395 g/mol. The molecule has 6 heteroatoms. The van der Waals surface area contributed by atoms with E-state index in [1.54, 1.807) is 38.3 Å². The van der Waals surface area contributed by atoms with Crippen LogP contribution in [0.5, 0.6) is 11.5 Å². The molecule has 0 bridgehead atoms. The molecule has 0 atom stereocenters. The van der Waals surface area contributed by atoms with Gasteiger partial charge in [-0.2, -0.15) is 5.26 Å². The van der Waals surface area contributed by atoms with E-state index in [9.17, 15) is 10.1 Å². The number of methoxy groups -OCH3 is 1. The smallest absolute Gasteiger partial charge is 0.266 e. The number of pyridine rings is 1. The molecule has 1 aromatic heterocycles. The predicted octanol–water partition coefficient (Wildman–Crippen LogP) is 4.77. The van der Waals surface area contributed by atoms with Crippen molar-refractivity contribution in [2.24, 2.45) is 0 Å². The van der Waals surface area contributed by atoms with Gasteiger partial charge in [-0.05, 0) is 61.4 Å². The zero-order chi connectivity index (χ0) is 20.3. The van der Waals surface area contributed by atoms with Crippen LogP contribution in [0.25, 0.3) is 11.1 Å². The van der Waals surface area contributed by atoms with Crippen LogP contribution in [0.4, 0.5) is 0 Å². The van der Waals surface area contributed by atoms with Gasteiger partial charge in [0.15, 0.2) is 0 Å². The van der Waals surface area contributed by atoms with Crippen LogP contribution in [0.3, 0.4) is 0 Å². The maximum absolute atomic E-state index is 12.1. The Hall–Kier alpha value is -3.23. The number of aryl methyl sites for hydroxylation is 2. The van der Waals surface area contributed by atoms with E-state index in [0.717, 1.165) is 16.7 Å². The zero-order valence-corrected chi connectivity index (χ0v) is 16.6. The van der Waals surface area contributed by atoms with E-state index >= 15 is 0 Å². The molecular formula is C22H19ClN2O3. The van der Waals surface area contributed by atoms with Crippen LogP contribution in [-0.2, 0) is 6.61 Å². The fraction of sp³-hybridized carbons (Fsp3) is 0.182. The highest BCUT2D eigenvalue weighted by Gasteiger charge is 2.13. The molecule has 0 aliphatic heterocycles. The van der Waals surface area contributed by atoms with Crippen molar-refractivity contribution in [3.8, 4) is 28.7 Å². The van der Waals surface area contributed by atoms with Gasteiger partial charge in [-0.3, -0.25) is 4.79 Å². The van der Waals surface area contributed by atoms with Crippen molar-refractivity contribution in [3.63, 3.8) is 0 Å². The minimum atomic E-state index is -0.400. The van der Waals surface area contributed by atoms with Gasteiger partial charge in [0, 0.05) is 21.8 Å². The summed E-state index contributed by atoms with van der Waals surface area (Å²) in [5, 5.41) is 10.1. The number of rotatable bonds is 5. The molecule has 1 heterocycles. The zero-order valence-electron chi connectivity index (χ0n) is 15.8. The molecule has 0 amide bonds. The molecule has 0 aliphatic carbocycles. The number of H-pyrrole nitrogens is 1. The molecule has 0 aliphatic rings. The summed E-state index contributed by atoms with van der Waals surface area (Å²) in [4.78, 5) is 14.8. The van der Waals surface area contributed by atoms with Crippen LogP contribution in [0, 0.1) is 25.2 Å². The summed E-state index contributed by atoms with van der Waals surface area (Å²) < 4.78 is 11.3. The van der Waals surface area contributed by atoms with Gasteiger partial charge in [0.05, 0.1) is 7.11 Å². The van der Waals surface area contributed by atoms with Crippen molar-refractivity contribution in [2.75, 3.05) is 7.11 Å². The normalized spacial score (nSPS) is 10.4. The Morgan fingerprint density at radius 3 is 2.61 bits per heavy atom. The first kappa shape index (κ1) is 19.5. The van der Waals surface area contributed by atoms with Gasteiger partial charge in [0.1, 0.15) is 29.7 Å². The molecule has 0 saturated heterocycles. The van der Waals surface area contributed by atoms with Gasteiger partial charge < -0.3 is 14.5 Å². The lowest BCUT2D eigenvalue weighted by Gasteiger charge is -2.13. The number of aromatic nitrogens is 1. The molecule has 0 spiro atoms. The first-order valence-corrected chi connectivity index (χ1v) is 9.01. The number of nitriles is 1. The molecular weight excluding hydrogens is 376 g/mol. The van der Waals surface area contributed by atoms with Crippen molar-refractivity contribution >= 4 is 11.6 Å². The lowest BCUT2D eigenvalue weighted by Crippen LogP contribution is -2.12. The highest BCUT2D eigenvalue weighted by Crippen LogP contribution is 2.29. The van der Waals surface area contributed by atoms with Crippen LogP contribution in [0.2, 0.25) is 5.02 Å². The lowest BCUT2D eigenvalue weighted by molar-refractivity contribution is 0.296. The van der Waals surface area contributed by atoms with E-state index in [-0.39, 0.29) is 12.2 Å². The molecule has 5 nitrogen and oxygen atoms in total. The number of nitrogens with zero attached hydrogens (tertiary/aromatic N) is 1. The number of hydrogen-bond donors (Lipinski definition) is 1. The van der Waals surface area contributed by atoms with E-state index < -0.39 is 5.56 Å². The number of halogens is 1. The molecule has 28 heavy (non-hydrogen) atoms. The standard InChI is InChI=1S/C22H19ClN2O3/c1-13-8-17(5-6-20(13)23)28-12-16-10-15(4-7-21(16)27-3)18-9-14(2)25-22(26)19(18)11-24/h4-10H,12H2,1-3H3,(H,25,26). The Kier molecular flexibility index (Phi) is 5.72. The maximum atomic E-state index is 12.1. The second kappa shape index (κ2) is 8.20. The van der Waals surface area contributed by atoms with Crippen LogP contribution < -0.4 is 15.0 Å². The van der Waals surface area contributed by atoms with Crippen molar-refractivity contribution in [3.05, 3.63) is 80.2 Å². The Morgan fingerprint density at radius 2 is 1.93 bits per heavy atom. The number of hydrogen-bond acceptors (Lipinski definition) is 4. The van der Waals surface area contributed by atoms with Crippen molar-refractivity contribution in [1.82, 2.24) is 4.98 Å². The lowest BCUT2D eigenvalue weighted by atomic mass is 9.99. The van der Waals surface area contributed by atoms with E-state index in [4.69, 9.17) is 21.1 Å². The quantitative estimate of drug-likeness (QED) is 0.676. The fourth-order valence-corrected chi connectivity index (χ4v) is 3.07. The summed E-state index contributed by atoms with van der Waals surface area (Å²) in [5.74, 6) is 1.36. The Morgan fingerprint density at radius 1 is 1.14 bits per heavy atom. The van der Waals surface area contributed by atoms with Gasteiger partial charge in [-0.15, -0.1) is 0 Å². The largest absolute Gasteiger partial charge is 0.496 e. The third kappa shape index (κ3) is 4.03. The molecule has 3 aromatic rings. The van der Waals surface area contributed by atoms with Gasteiger partial charge in [0.2, 0.25) is 0 Å². The van der Waals surface area contributed by atoms with E-state index in [1.165, 1.54) is 0 Å². The fourth-order valence-electron chi connectivity index (χ4n) is 2.95. The van der Waals surface area contributed by atoms with Gasteiger partial charge in [-0.25, -0.2) is 0 Å². The van der Waals surface area contributed by atoms with Crippen LogP contribution in [0.1, 0.15) is 22.4 Å². The first-order valence-electron chi connectivity index (χ1n) is 8.63. The summed E-state index contributed by atoms with van der Waals surface area (Å²) in [5.41, 5.74) is 3.42. The minimum Gasteiger partial charge on any atom is -0.496 e. The Labute approximate surface area is 168 Å². The monoisotopic (exact) mass is 394 g/mol. The molecule has 142 valence electrons. The maximum Gasteiger partial charge on any atom is 0.266 e. The van der Waals surface area contributed by atoms with E-state index in [1.807, 2.05) is 31.2 Å². The minimum absolute atomic E-state index is 0.0796. The topological polar surface area (TPSA) is 75.1 Å². The highest BCUT2D eigenvalue weighted by molar-refractivity contribution is 6.31. The molecule has 0 unspecified atom stereocenters. The summed E-state index contributed by atoms with van der Waals surface area (Å²) >= 11 is 6.06. The van der Waals surface area contributed by atoms with Crippen molar-refractivity contribution in [2.45, 2.75) is 20.5 Å². The predicted molar refractivity (Wildman–Crippen MR) is 109 cm³/mol. The summed E-state index contributed by atoms with van der Waals surface area (Å²) in [6.07, 6.45) is 0. The second-order valence-electron chi connectivity index (χ2n) is 6.41. The Balaban J connectivity index is 1.98. The summed E-state index contributed by atoms with van der Waals surface area (Å²) in [6.45, 7) is 3.96. The second-order valence-corrected chi connectivity index (χ2v) is 6.82. The van der Waals surface area contributed by atoms with Crippen LogP contribution in [-0.4, -0.2) is 12.1 Å². The molecule has 0 fully saturated rings. The highest BCUT2D eigenvalue weighted by atomic mass is 35.5. The van der Waals surface area contributed by atoms with Gasteiger partial charge in [-0.1, -0.05) is 17.7 Å². The Bertz CT molecular complexity index is 1130. The summed E-state index contributed by atoms with van der Waals surface area (Å²) in [6, 6.07) is 14.7. The van der Waals surface area contributed by atoms with Gasteiger partial charge >= 0.3 is 0 Å². The van der Waals surface area contributed by atoms with Gasteiger partial charge in [0.25, 0.3) is 5.56 Å². The van der Waals surface area contributed by atoms with E-state index in [0.29, 0.717) is 27.8 Å². The molecule has 0 saturated carbocycles. The number of ether oxygens (including phenoxy) is 2. The molecule has 3 rings (SSSR count). The third-order valence-corrected chi connectivity index (χ3v) is 4.82. The SMILES string of the molecule is COc1ccc(-c2cc(C)[nH]c(=O)c2C#N)cc1COc1ccc(Cl)c(C)c1.